The van der Waals surface area contributed by atoms with Gasteiger partial charge in [-0.25, -0.2) is 9.97 Å². The Morgan fingerprint density at radius 1 is 1.22 bits per heavy atom. The summed E-state index contributed by atoms with van der Waals surface area (Å²) in [5.74, 6) is 1.40. The molecular formula is C20H20N4O3. The van der Waals surface area contributed by atoms with Gasteiger partial charge in [0.25, 0.3) is 5.91 Å². The molecule has 2 aromatic heterocycles. The number of carbonyl (C=O) groups excluding carboxylic acids is 1. The molecule has 3 aromatic rings. The van der Waals surface area contributed by atoms with E-state index in [1.165, 1.54) is 24.6 Å². The normalized spacial score (nSPS) is 13.8. The Bertz CT molecular complexity index is 954. The van der Waals surface area contributed by atoms with Gasteiger partial charge in [-0.3, -0.25) is 9.69 Å². The number of anilines is 1. The van der Waals surface area contributed by atoms with Crippen molar-refractivity contribution in [2.45, 2.75) is 19.5 Å². The summed E-state index contributed by atoms with van der Waals surface area (Å²) in [6.07, 6.45) is 2.36. The van der Waals surface area contributed by atoms with Crippen LogP contribution < -0.4 is 10.1 Å². The van der Waals surface area contributed by atoms with Crippen LogP contribution in [0.3, 0.4) is 0 Å². The molecule has 1 aliphatic rings. The Morgan fingerprint density at radius 2 is 2.07 bits per heavy atom. The predicted molar refractivity (Wildman–Crippen MR) is 99.5 cm³/mol. The Labute approximate surface area is 157 Å². The highest BCUT2D eigenvalue weighted by Gasteiger charge is 2.18. The van der Waals surface area contributed by atoms with Gasteiger partial charge in [0.2, 0.25) is 5.88 Å². The largest absolute Gasteiger partial charge is 0.481 e. The number of furan rings is 1. The van der Waals surface area contributed by atoms with Crippen LogP contribution >= 0.6 is 0 Å². The Kier molecular flexibility index (Phi) is 4.84. The van der Waals surface area contributed by atoms with Crippen LogP contribution in [0, 0.1) is 0 Å². The fourth-order valence-corrected chi connectivity index (χ4v) is 3.19. The van der Waals surface area contributed by atoms with Crippen LogP contribution in [0.2, 0.25) is 0 Å². The molecule has 0 atom stereocenters. The number of benzene rings is 1. The zero-order valence-corrected chi connectivity index (χ0v) is 15.0. The zero-order chi connectivity index (χ0) is 18.6. The molecule has 0 fully saturated rings. The maximum atomic E-state index is 12.4. The smallest absolute Gasteiger partial charge is 0.292 e. The number of hydrogen-bond acceptors (Lipinski definition) is 6. The minimum Gasteiger partial charge on any atom is -0.481 e. The molecule has 1 N–H and O–H groups in total. The summed E-state index contributed by atoms with van der Waals surface area (Å²) < 4.78 is 10.8. The van der Waals surface area contributed by atoms with Gasteiger partial charge in [-0.15, -0.1) is 0 Å². The second-order valence-corrected chi connectivity index (χ2v) is 6.40. The monoisotopic (exact) mass is 364 g/mol. The summed E-state index contributed by atoms with van der Waals surface area (Å²) in [5.41, 5.74) is 2.76. The minimum atomic E-state index is -0.356. The summed E-state index contributed by atoms with van der Waals surface area (Å²) >= 11 is 0. The molecule has 0 saturated heterocycles. The molecule has 0 saturated carbocycles. The summed E-state index contributed by atoms with van der Waals surface area (Å²) in [7, 11) is 1.51. The SMILES string of the molecule is COc1cc(NC(=O)c2ccc(CN3CCc4ccccc4C3)o2)ncn1. The average molecular weight is 364 g/mol. The lowest BCUT2D eigenvalue weighted by Gasteiger charge is -2.27. The maximum absolute atomic E-state index is 12.4. The minimum absolute atomic E-state index is 0.250. The molecule has 7 nitrogen and oxygen atoms in total. The van der Waals surface area contributed by atoms with Gasteiger partial charge < -0.3 is 14.5 Å². The van der Waals surface area contributed by atoms with Crippen molar-refractivity contribution in [1.29, 1.82) is 0 Å². The topological polar surface area (TPSA) is 80.5 Å². The summed E-state index contributed by atoms with van der Waals surface area (Å²) in [5, 5.41) is 2.69. The molecule has 27 heavy (non-hydrogen) atoms. The molecule has 0 spiro atoms. The fraction of sp³-hybridized carbons (Fsp3) is 0.250. The Balaban J connectivity index is 1.39. The van der Waals surface area contributed by atoms with E-state index in [4.69, 9.17) is 9.15 Å². The molecule has 1 amide bonds. The van der Waals surface area contributed by atoms with E-state index in [2.05, 4.69) is 44.5 Å². The van der Waals surface area contributed by atoms with E-state index in [-0.39, 0.29) is 11.7 Å². The van der Waals surface area contributed by atoms with Crippen molar-refractivity contribution in [3.8, 4) is 5.88 Å². The molecular weight excluding hydrogens is 344 g/mol. The Morgan fingerprint density at radius 3 is 2.93 bits per heavy atom. The number of aromatic nitrogens is 2. The first-order valence-electron chi connectivity index (χ1n) is 8.76. The fourth-order valence-electron chi connectivity index (χ4n) is 3.19. The van der Waals surface area contributed by atoms with Gasteiger partial charge in [-0.2, -0.15) is 0 Å². The standard InChI is InChI=1S/C20H20N4O3/c1-26-19-10-18(21-13-22-19)23-20(25)17-7-6-16(27-17)12-24-9-8-14-4-2-3-5-15(14)11-24/h2-7,10,13H,8-9,11-12H2,1H3,(H,21,22,23,25). The molecule has 138 valence electrons. The van der Waals surface area contributed by atoms with Crippen LogP contribution in [0.25, 0.3) is 0 Å². The van der Waals surface area contributed by atoms with Crippen LogP contribution in [-0.2, 0) is 19.5 Å². The van der Waals surface area contributed by atoms with Gasteiger partial charge in [0, 0.05) is 19.2 Å². The third-order valence-corrected chi connectivity index (χ3v) is 4.57. The van der Waals surface area contributed by atoms with Crippen LogP contribution in [0.15, 0.2) is 53.2 Å². The number of nitrogens with one attached hydrogen (secondary N) is 1. The molecule has 1 aliphatic heterocycles. The van der Waals surface area contributed by atoms with Crippen LogP contribution in [0.4, 0.5) is 5.82 Å². The average Bonchev–Trinajstić information content (AvgIpc) is 3.17. The molecule has 0 unspecified atom stereocenters. The first kappa shape index (κ1) is 17.2. The van der Waals surface area contributed by atoms with E-state index in [0.717, 1.165) is 25.3 Å². The lowest BCUT2D eigenvalue weighted by Crippen LogP contribution is -2.29. The van der Waals surface area contributed by atoms with Gasteiger partial charge in [0.05, 0.1) is 13.7 Å². The van der Waals surface area contributed by atoms with Gasteiger partial charge in [-0.1, -0.05) is 24.3 Å². The molecule has 7 heteroatoms. The number of amides is 1. The third kappa shape index (κ3) is 3.98. The number of nitrogens with zero attached hydrogens (tertiary/aromatic N) is 3. The molecule has 0 radical (unpaired) electrons. The molecule has 0 aliphatic carbocycles. The van der Waals surface area contributed by atoms with Crippen molar-refractivity contribution >= 4 is 11.7 Å². The number of rotatable bonds is 5. The quantitative estimate of drug-likeness (QED) is 0.750. The van der Waals surface area contributed by atoms with Crippen LogP contribution in [-0.4, -0.2) is 34.4 Å². The van der Waals surface area contributed by atoms with E-state index in [0.29, 0.717) is 18.2 Å². The lowest BCUT2D eigenvalue weighted by molar-refractivity contribution is 0.0992. The number of hydrogen-bond donors (Lipinski definition) is 1. The first-order chi connectivity index (χ1) is 13.2. The Hall–Kier alpha value is -3.19. The number of methoxy groups -OCH3 is 1. The van der Waals surface area contributed by atoms with Crippen molar-refractivity contribution < 1.29 is 13.9 Å². The van der Waals surface area contributed by atoms with Crippen molar-refractivity contribution in [1.82, 2.24) is 14.9 Å². The lowest BCUT2D eigenvalue weighted by atomic mass is 10.00. The highest BCUT2D eigenvalue weighted by molar-refractivity contribution is 6.01. The number of ether oxygens (including phenoxy) is 1. The summed E-state index contributed by atoms with van der Waals surface area (Å²) in [4.78, 5) is 22.6. The molecule has 0 bridgehead atoms. The van der Waals surface area contributed by atoms with E-state index in [9.17, 15) is 4.79 Å². The number of fused-ring (bicyclic) bond motifs is 1. The van der Waals surface area contributed by atoms with E-state index < -0.39 is 0 Å². The predicted octanol–water partition coefficient (Wildman–Crippen LogP) is 2.89. The van der Waals surface area contributed by atoms with Gasteiger partial charge in [0.1, 0.15) is 17.9 Å². The summed E-state index contributed by atoms with van der Waals surface area (Å²) in [6, 6.07) is 13.6. The number of carbonyl (C=O) groups is 1. The first-order valence-corrected chi connectivity index (χ1v) is 8.76. The highest BCUT2D eigenvalue weighted by atomic mass is 16.5. The van der Waals surface area contributed by atoms with Gasteiger partial charge in [0.15, 0.2) is 5.76 Å². The third-order valence-electron chi connectivity index (χ3n) is 4.57. The maximum Gasteiger partial charge on any atom is 0.292 e. The van der Waals surface area contributed by atoms with Crippen molar-refractivity contribution in [3.05, 3.63) is 71.4 Å². The van der Waals surface area contributed by atoms with Gasteiger partial charge >= 0.3 is 0 Å². The van der Waals surface area contributed by atoms with Crippen molar-refractivity contribution in [2.75, 3.05) is 19.0 Å². The molecule has 3 heterocycles. The second-order valence-electron chi connectivity index (χ2n) is 6.40. The van der Waals surface area contributed by atoms with Crippen molar-refractivity contribution in [3.63, 3.8) is 0 Å². The van der Waals surface area contributed by atoms with Crippen LogP contribution in [0.1, 0.15) is 27.4 Å². The summed E-state index contributed by atoms with van der Waals surface area (Å²) in [6.45, 7) is 2.53. The van der Waals surface area contributed by atoms with E-state index >= 15 is 0 Å². The molecule has 4 rings (SSSR count). The second kappa shape index (κ2) is 7.59. The van der Waals surface area contributed by atoms with Crippen molar-refractivity contribution in [2.24, 2.45) is 0 Å². The highest BCUT2D eigenvalue weighted by Crippen LogP contribution is 2.21. The van der Waals surface area contributed by atoms with E-state index in [1.54, 1.807) is 12.1 Å². The molecule has 1 aromatic carbocycles. The van der Waals surface area contributed by atoms with E-state index in [1.807, 2.05) is 6.07 Å². The van der Waals surface area contributed by atoms with Crippen LogP contribution in [0.5, 0.6) is 5.88 Å². The zero-order valence-electron chi connectivity index (χ0n) is 15.0. The van der Waals surface area contributed by atoms with Gasteiger partial charge in [-0.05, 0) is 29.7 Å².